The largest absolute Gasteiger partial charge is 0.325 e. The smallest absolute Gasteiger partial charge is 0.234 e. The molecule has 34 heavy (non-hydrogen) atoms. The number of sulfonamides is 1. The van der Waals surface area contributed by atoms with Crippen molar-refractivity contribution in [3.8, 4) is 17.1 Å². The molecule has 0 atom stereocenters. The highest BCUT2D eigenvalue weighted by Crippen LogP contribution is 2.28. The van der Waals surface area contributed by atoms with E-state index in [9.17, 15) is 17.6 Å². The van der Waals surface area contributed by atoms with E-state index in [2.05, 4.69) is 20.2 Å². The van der Waals surface area contributed by atoms with Crippen molar-refractivity contribution in [2.45, 2.75) is 5.16 Å². The summed E-state index contributed by atoms with van der Waals surface area (Å²) in [6.07, 6.45) is 1.07. The molecule has 0 saturated heterocycles. The monoisotopic (exact) mass is 497 g/mol. The van der Waals surface area contributed by atoms with E-state index in [-0.39, 0.29) is 17.5 Å². The van der Waals surface area contributed by atoms with Gasteiger partial charge in [-0.1, -0.05) is 30.0 Å². The Morgan fingerprint density at radius 1 is 0.941 bits per heavy atom. The van der Waals surface area contributed by atoms with E-state index < -0.39 is 10.0 Å². The van der Waals surface area contributed by atoms with E-state index >= 15 is 0 Å². The highest BCUT2D eigenvalue weighted by molar-refractivity contribution is 7.99. The van der Waals surface area contributed by atoms with Crippen molar-refractivity contribution in [2.75, 3.05) is 22.0 Å². The summed E-state index contributed by atoms with van der Waals surface area (Å²) in [5.41, 5.74) is 2.43. The number of halogens is 1. The minimum atomic E-state index is -3.37. The van der Waals surface area contributed by atoms with Crippen molar-refractivity contribution < 1.29 is 17.6 Å². The van der Waals surface area contributed by atoms with E-state index in [0.29, 0.717) is 27.9 Å². The first kappa shape index (κ1) is 23.5. The molecule has 0 radical (unpaired) electrons. The average Bonchev–Trinajstić information content (AvgIpc) is 3.23. The molecule has 3 aromatic carbocycles. The van der Waals surface area contributed by atoms with Gasteiger partial charge in [0.2, 0.25) is 15.9 Å². The van der Waals surface area contributed by atoms with Crippen LogP contribution in [0.5, 0.6) is 0 Å². The third-order valence-corrected chi connectivity index (χ3v) is 6.09. The molecule has 0 unspecified atom stereocenters. The van der Waals surface area contributed by atoms with E-state index in [1.807, 2.05) is 34.9 Å². The minimum absolute atomic E-state index is 0.0672. The number of thioether (sulfide) groups is 1. The van der Waals surface area contributed by atoms with Gasteiger partial charge in [0.25, 0.3) is 0 Å². The summed E-state index contributed by atoms with van der Waals surface area (Å²) >= 11 is 1.21. The Labute approximate surface area is 200 Å². The fraction of sp³-hybridized carbons (Fsp3) is 0.0870. The molecule has 4 rings (SSSR count). The molecule has 0 bridgehead atoms. The third kappa shape index (κ3) is 6.00. The molecule has 0 spiro atoms. The number of amides is 1. The van der Waals surface area contributed by atoms with Crippen LogP contribution in [0.25, 0.3) is 17.1 Å². The van der Waals surface area contributed by atoms with Crippen molar-refractivity contribution in [1.29, 1.82) is 0 Å². The van der Waals surface area contributed by atoms with Crippen LogP contribution < -0.4 is 10.0 Å². The molecule has 1 amide bonds. The lowest BCUT2D eigenvalue weighted by atomic mass is 10.2. The Balaban J connectivity index is 1.49. The van der Waals surface area contributed by atoms with Gasteiger partial charge in [-0.25, -0.2) is 12.8 Å². The first-order valence-corrected chi connectivity index (χ1v) is 12.9. The highest BCUT2D eigenvalue weighted by Gasteiger charge is 2.17. The van der Waals surface area contributed by atoms with Crippen LogP contribution in [0.4, 0.5) is 15.8 Å². The van der Waals surface area contributed by atoms with Gasteiger partial charge in [0, 0.05) is 22.6 Å². The SMILES string of the molecule is CS(=O)(=O)Nc1ccc(NC(=O)CSc2nnc(-c3ccc(F)cc3)n2-c2ccccc2)cc1. The van der Waals surface area contributed by atoms with E-state index in [4.69, 9.17) is 0 Å². The molecule has 8 nitrogen and oxygen atoms in total. The van der Waals surface area contributed by atoms with Gasteiger partial charge in [-0.3, -0.25) is 14.1 Å². The molecule has 1 aromatic heterocycles. The number of benzene rings is 3. The first-order valence-electron chi connectivity index (χ1n) is 10.1. The summed E-state index contributed by atoms with van der Waals surface area (Å²) < 4.78 is 40.2. The fourth-order valence-electron chi connectivity index (χ4n) is 3.12. The maximum absolute atomic E-state index is 13.4. The Bertz CT molecular complexity index is 1390. The van der Waals surface area contributed by atoms with Crippen LogP contribution >= 0.6 is 11.8 Å². The topological polar surface area (TPSA) is 106 Å². The lowest BCUT2D eigenvalue weighted by molar-refractivity contribution is -0.113. The second-order valence-electron chi connectivity index (χ2n) is 7.27. The van der Waals surface area contributed by atoms with Gasteiger partial charge in [-0.15, -0.1) is 10.2 Å². The lowest BCUT2D eigenvalue weighted by Crippen LogP contribution is -2.15. The zero-order valence-corrected chi connectivity index (χ0v) is 19.6. The summed E-state index contributed by atoms with van der Waals surface area (Å²) in [7, 11) is -3.37. The Morgan fingerprint density at radius 3 is 2.24 bits per heavy atom. The summed E-state index contributed by atoms with van der Waals surface area (Å²) in [5, 5.41) is 11.8. The maximum Gasteiger partial charge on any atom is 0.234 e. The highest BCUT2D eigenvalue weighted by atomic mass is 32.2. The summed E-state index contributed by atoms with van der Waals surface area (Å²) in [5.74, 6) is -0.0127. The van der Waals surface area contributed by atoms with Crippen LogP contribution in [0.1, 0.15) is 0 Å². The molecular formula is C23H20FN5O3S2. The van der Waals surface area contributed by atoms with Crippen LogP contribution in [0.2, 0.25) is 0 Å². The number of hydrogen-bond donors (Lipinski definition) is 2. The van der Waals surface area contributed by atoms with Crippen LogP contribution in [-0.4, -0.2) is 41.1 Å². The normalized spacial score (nSPS) is 11.2. The fourth-order valence-corrected chi connectivity index (χ4v) is 4.44. The molecule has 0 aliphatic heterocycles. The van der Waals surface area contributed by atoms with Gasteiger partial charge >= 0.3 is 0 Å². The number of carbonyl (C=O) groups excluding carboxylic acids is 1. The predicted molar refractivity (Wildman–Crippen MR) is 131 cm³/mol. The maximum atomic E-state index is 13.4. The summed E-state index contributed by atoms with van der Waals surface area (Å²) in [6.45, 7) is 0. The van der Waals surface area contributed by atoms with Crippen LogP contribution in [0, 0.1) is 5.82 Å². The molecular weight excluding hydrogens is 477 g/mol. The second kappa shape index (κ2) is 10.1. The minimum Gasteiger partial charge on any atom is -0.325 e. The summed E-state index contributed by atoms with van der Waals surface area (Å²) in [4.78, 5) is 12.5. The molecule has 11 heteroatoms. The number of hydrogen-bond acceptors (Lipinski definition) is 6. The Kier molecular flexibility index (Phi) is 6.94. The van der Waals surface area contributed by atoms with Gasteiger partial charge in [0.15, 0.2) is 11.0 Å². The molecule has 1 heterocycles. The van der Waals surface area contributed by atoms with Gasteiger partial charge in [0.05, 0.1) is 12.0 Å². The van der Waals surface area contributed by atoms with Crippen LogP contribution in [0.3, 0.4) is 0 Å². The third-order valence-electron chi connectivity index (χ3n) is 4.55. The molecule has 0 saturated carbocycles. The van der Waals surface area contributed by atoms with Crippen LogP contribution in [0.15, 0.2) is 84.0 Å². The number of nitrogens with one attached hydrogen (secondary N) is 2. The van der Waals surface area contributed by atoms with Crippen molar-refractivity contribution in [3.05, 3.63) is 84.7 Å². The molecule has 4 aromatic rings. The Hall–Kier alpha value is -3.70. The second-order valence-corrected chi connectivity index (χ2v) is 9.96. The first-order chi connectivity index (χ1) is 16.3. The quantitative estimate of drug-likeness (QED) is 0.354. The van der Waals surface area contributed by atoms with Crippen molar-refractivity contribution in [2.24, 2.45) is 0 Å². The van der Waals surface area contributed by atoms with Crippen molar-refractivity contribution >= 4 is 39.1 Å². The molecule has 2 N–H and O–H groups in total. The standard InChI is InChI=1S/C23H20FN5O3S2/c1-34(31,32)28-19-13-11-18(12-14-19)25-21(30)15-33-23-27-26-22(16-7-9-17(24)10-8-16)29(23)20-5-3-2-4-6-20/h2-14,28H,15H2,1H3,(H,25,30). The molecule has 0 fully saturated rings. The number of para-hydroxylation sites is 1. The number of rotatable bonds is 8. The van der Waals surface area contributed by atoms with Crippen molar-refractivity contribution in [3.63, 3.8) is 0 Å². The van der Waals surface area contributed by atoms with E-state index in [0.717, 1.165) is 11.9 Å². The van der Waals surface area contributed by atoms with Gasteiger partial charge < -0.3 is 5.32 Å². The zero-order chi connectivity index (χ0) is 24.1. The number of carbonyl (C=O) groups is 1. The molecule has 0 aliphatic rings. The Morgan fingerprint density at radius 2 is 1.59 bits per heavy atom. The number of anilines is 2. The van der Waals surface area contributed by atoms with Gasteiger partial charge in [0.1, 0.15) is 5.82 Å². The number of aromatic nitrogens is 3. The molecule has 174 valence electrons. The van der Waals surface area contributed by atoms with Gasteiger partial charge in [-0.2, -0.15) is 0 Å². The predicted octanol–water partition coefficient (Wildman–Crippen LogP) is 4.18. The van der Waals surface area contributed by atoms with Crippen molar-refractivity contribution in [1.82, 2.24) is 14.8 Å². The van der Waals surface area contributed by atoms with Crippen LogP contribution in [-0.2, 0) is 14.8 Å². The van der Waals surface area contributed by atoms with E-state index in [1.165, 1.54) is 23.9 Å². The number of nitrogens with zero attached hydrogens (tertiary/aromatic N) is 3. The van der Waals surface area contributed by atoms with Gasteiger partial charge in [-0.05, 0) is 60.7 Å². The van der Waals surface area contributed by atoms with E-state index in [1.54, 1.807) is 36.4 Å². The zero-order valence-electron chi connectivity index (χ0n) is 18.0. The average molecular weight is 498 g/mol. The summed E-state index contributed by atoms with van der Waals surface area (Å²) in [6, 6.07) is 21.7. The molecule has 0 aliphatic carbocycles. The lowest BCUT2D eigenvalue weighted by Gasteiger charge is -2.11.